The van der Waals surface area contributed by atoms with Crippen LogP contribution >= 0.6 is 0 Å². The first-order valence-corrected chi connectivity index (χ1v) is 40.5. The Bertz CT molecular complexity index is 5950. The van der Waals surface area contributed by atoms with Gasteiger partial charge in [-0.3, -0.25) is 0 Å². The van der Waals surface area contributed by atoms with Crippen molar-refractivity contribution >= 4 is 79.0 Å². The zero-order valence-electron chi connectivity index (χ0n) is 69.4. The van der Waals surface area contributed by atoms with Crippen LogP contribution < -0.4 is 26.2 Å². The van der Waals surface area contributed by atoms with Crippen molar-refractivity contribution in [2.24, 2.45) is 0 Å². The molecule has 3 nitrogen and oxygen atoms in total. The number of hydrogen-bond acceptors (Lipinski definition) is 2. The summed E-state index contributed by atoms with van der Waals surface area (Å²) in [4.78, 5) is 5.46. The fraction of sp³-hybridized carbons (Fsp3) is 0.271. The Hall–Kier alpha value is -10.7. The van der Waals surface area contributed by atoms with E-state index < -0.39 is 5.41 Å². The Kier molecular flexibility index (Phi) is 16.9. The number of anilines is 6. The van der Waals surface area contributed by atoms with E-state index in [1.165, 1.54) is 155 Å². The van der Waals surface area contributed by atoms with Crippen LogP contribution in [0.5, 0.6) is 0 Å². The lowest BCUT2D eigenvalue weighted by Crippen LogP contribution is -2.61. The maximum absolute atomic E-state index is 2.75. The highest BCUT2D eigenvalue weighted by Gasteiger charge is 2.50. The minimum atomic E-state index is -0.628. The molecule has 554 valence electrons. The molecular weight excluding hydrogens is 1340 g/mol. The second kappa shape index (κ2) is 25.7. The fourth-order valence-electron chi connectivity index (χ4n) is 18.3. The van der Waals surface area contributed by atoms with Gasteiger partial charge in [-0.15, -0.1) is 0 Å². The molecule has 3 aliphatic rings. The SMILES string of the molecule is CC(C)(C)c1cc(-c2cc(C(C)(C)C)ccc2N2c3ccc(-c4ccccc4)cc3B3c4ccc(-n5c6ccccc6c6c7c(ccc65)-c5ccccc5C7(c5ccccc5)c5ccccc5)cc4N(c4ccc(C(C)(C)C)cc4-c4cc(C(C)(C)C)cc(C(C)(C)C)c4)c4cc(C(C)(C)C)cc2c43)cc(C(C)(C)C)c1. The van der Waals surface area contributed by atoms with Gasteiger partial charge in [0.1, 0.15) is 0 Å². The lowest BCUT2D eigenvalue weighted by Gasteiger charge is -2.46. The van der Waals surface area contributed by atoms with E-state index in [4.69, 9.17) is 0 Å². The van der Waals surface area contributed by atoms with Crippen molar-refractivity contribution in [3.63, 3.8) is 0 Å². The molecule has 0 N–H and O–H groups in total. The van der Waals surface area contributed by atoms with Crippen LogP contribution in [0.3, 0.4) is 0 Å². The summed E-state index contributed by atoms with van der Waals surface area (Å²) in [5, 5.41) is 2.50. The monoisotopic (exact) mass is 1450 g/mol. The average molecular weight is 1450 g/mol. The summed E-state index contributed by atoms with van der Waals surface area (Å²) in [6, 6.07) is 107. The van der Waals surface area contributed by atoms with Crippen LogP contribution in [0.4, 0.5) is 34.1 Å². The van der Waals surface area contributed by atoms with Gasteiger partial charge in [-0.25, -0.2) is 0 Å². The van der Waals surface area contributed by atoms with Gasteiger partial charge in [-0.2, -0.15) is 0 Å². The maximum atomic E-state index is 2.75. The molecule has 0 saturated heterocycles. The topological polar surface area (TPSA) is 11.4 Å². The van der Waals surface area contributed by atoms with E-state index in [1.54, 1.807) is 0 Å². The first-order chi connectivity index (χ1) is 52.5. The van der Waals surface area contributed by atoms with E-state index >= 15 is 0 Å². The molecule has 1 aromatic heterocycles. The molecule has 2 aliphatic heterocycles. The molecule has 0 fully saturated rings. The third-order valence-corrected chi connectivity index (χ3v) is 24.7. The quantitative estimate of drug-likeness (QED) is 0.141. The molecule has 111 heavy (non-hydrogen) atoms. The maximum Gasteiger partial charge on any atom is 0.252 e. The molecule has 3 heterocycles. The Morgan fingerprint density at radius 3 is 1.21 bits per heavy atom. The van der Waals surface area contributed by atoms with Crippen molar-refractivity contribution in [2.75, 3.05) is 9.80 Å². The molecule has 0 bridgehead atoms. The van der Waals surface area contributed by atoms with E-state index in [9.17, 15) is 0 Å². The highest BCUT2D eigenvalue weighted by Crippen LogP contribution is 2.60. The summed E-state index contributed by atoms with van der Waals surface area (Å²) in [7, 11) is 0. The van der Waals surface area contributed by atoms with E-state index in [1.807, 2.05) is 0 Å². The molecule has 14 aromatic rings. The van der Waals surface area contributed by atoms with Crippen molar-refractivity contribution in [2.45, 2.75) is 189 Å². The lowest BCUT2D eigenvalue weighted by molar-refractivity contribution is 0.568. The first kappa shape index (κ1) is 73.1. The minimum Gasteiger partial charge on any atom is -0.311 e. The van der Waals surface area contributed by atoms with Gasteiger partial charge in [0.15, 0.2) is 0 Å². The highest BCUT2D eigenvalue weighted by molar-refractivity contribution is 7.00. The average Bonchev–Trinajstić information content (AvgIpc) is 1.57. The number of fused-ring (bicyclic) bond motifs is 11. The Balaban J connectivity index is 1.02. The molecule has 0 amide bonds. The number of hydrogen-bond donors (Lipinski definition) is 0. The van der Waals surface area contributed by atoms with Crippen LogP contribution in [0, 0.1) is 0 Å². The third kappa shape index (κ3) is 12.1. The van der Waals surface area contributed by atoms with E-state index in [0.717, 1.165) is 28.3 Å². The molecule has 17 rings (SSSR count). The molecule has 0 saturated carbocycles. The van der Waals surface area contributed by atoms with Crippen molar-refractivity contribution in [1.82, 2.24) is 4.57 Å². The van der Waals surface area contributed by atoms with E-state index in [-0.39, 0.29) is 44.6 Å². The van der Waals surface area contributed by atoms with Gasteiger partial charge in [0.05, 0.1) is 27.8 Å². The standard InChI is InChI=1S/C107H108BN3/c1-100(2,3)73-46-52-90(84(62-73)69-55-75(102(7,8)9)60-76(56-69)103(10,11)12)110-92-51-45-68(67-35-25-22-26-36-67)59-88(92)108-87-50-48-80(109-89-44-34-32-42-83(89)97-93(109)54-49-82-81-41-31-33-43-86(81)107(98(82)97,71-37-27-23-28-38-71)72-39-29-24-30-40-72)66-94(87)111(96-65-79(106(19,20)21)64-95(110)99(96)108)91-53-47-74(101(4,5)6)63-85(91)70-57-77(104(13,14)15)61-78(58-70)105(16,17)18/h22-66H,1-21H3. The Labute approximate surface area is 662 Å². The summed E-state index contributed by atoms with van der Waals surface area (Å²) < 4.78 is 2.61. The fourth-order valence-corrected chi connectivity index (χ4v) is 18.3. The van der Waals surface area contributed by atoms with Gasteiger partial charge >= 0.3 is 0 Å². The second-order valence-corrected chi connectivity index (χ2v) is 39.5. The molecular formula is C107H108BN3. The molecule has 0 spiro atoms. The van der Waals surface area contributed by atoms with Crippen molar-refractivity contribution in [3.8, 4) is 50.2 Å². The first-order valence-electron chi connectivity index (χ1n) is 40.5. The molecule has 0 unspecified atom stereocenters. The van der Waals surface area contributed by atoms with Gasteiger partial charge < -0.3 is 14.4 Å². The summed E-state index contributed by atoms with van der Waals surface area (Å²) in [5.41, 5.74) is 36.7. The van der Waals surface area contributed by atoms with Crippen molar-refractivity contribution < 1.29 is 0 Å². The van der Waals surface area contributed by atoms with Gasteiger partial charge in [0.25, 0.3) is 6.71 Å². The summed E-state index contributed by atoms with van der Waals surface area (Å²) in [6.07, 6.45) is 0. The summed E-state index contributed by atoms with van der Waals surface area (Å²) in [5.74, 6) is 0. The minimum absolute atomic E-state index is 0.107. The molecule has 1 aliphatic carbocycles. The molecule has 4 heteroatoms. The van der Waals surface area contributed by atoms with Gasteiger partial charge in [-0.1, -0.05) is 352 Å². The van der Waals surface area contributed by atoms with Crippen LogP contribution in [0.2, 0.25) is 0 Å². The van der Waals surface area contributed by atoms with Crippen molar-refractivity contribution in [3.05, 3.63) is 334 Å². The molecule has 13 aromatic carbocycles. The van der Waals surface area contributed by atoms with Crippen LogP contribution in [-0.2, 0) is 43.3 Å². The molecule has 0 atom stereocenters. The Morgan fingerprint density at radius 2 is 0.703 bits per heavy atom. The van der Waals surface area contributed by atoms with E-state index in [0.29, 0.717) is 0 Å². The van der Waals surface area contributed by atoms with Crippen LogP contribution in [-0.4, -0.2) is 11.3 Å². The van der Waals surface area contributed by atoms with Crippen LogP contribution in [0.15, 0.2) is 273 Å². The highest BCUT2D eigenvalue weighted by atomic mass is 15.2. The largest absolute Gasteiger partial charge is 0.311 e. The van der Waals surface area contributed by atoms with Gasteiger partial charge in [0.2, 0.25) is 0 Å². The normalized spacial score (nSPS) is 14.2. The second-order valence-electron chi connectivity index (χ2n) is 39.5. The third-order valence-electron chi connectivity index (χ3n) is 24.7. The predicted octanol–water partition coefficient (Wildman–Crippen LogP) is 27.3. The van der Waals surface area contributed by atoms with Gasteiger partial charge in [0, 0.05) is 50.3 Å². The zero-order chi connectivity index (χ0) is 78.2. The number of benzene rings is 13. The number of nitrogens with zero attached hydrogens (tertiary/aromatic N) is 3. The number of rotatable bonds is 8. The molecule has 0 radical (unpaired) electrons. The van der Waals surface area contributed by atoms with Crippen molar-refractivity contribution in [1.29, 1.82) is 0 Å². The Morgan fingerprint density at radius 1 is 0.261 bits per heavy atom. The predicted molar refractivity (Wildman–Crippen MR) is 479 cm³/mol. The lowest BCUT2D eigenvalue weighted by atomic mass is 9.33. The van der Waals surface area contributed by atoms with Crippen LogP contribution in [0.25, 0.3) is 72.0 Å². The summed E-state index contributed by atoms with van der Waals surface area (Å²) in [6.45, 7) is 49.7. The van der Waals surface area contributed by atoms with Crippen LogP contribution in [0.1, 0.15) is 207 Å². The number of para-hydroxylation sites is 1. The zero-order valence-corrected chi connectivity index (χ0v) is 69.4. The van der Waals surface area contributed by atoms with Gasteiger partial charge in [-0.05, 0) is 216 Å². The van der Waals surface area contributed by atoms with E-state index in [2.05, 4.69) is 433 Å². The summed E-state index contributed by atoms with van der Waals surface area (Å²) >= 11 is 0. The smallest absolute Gasteiger partial charge is 0.252 e. The number of aromatic nitrogens is 1.